The van der Waals surface area contributed by atoms with Crippen molar-refractivity contribution < 1.29 is 18.1 Å². The maximum Gasteiger partial charge on any atom is 0.418 e. The van der Waals surface area contributed by atoms with Gasteiger partial charge in [-0.15, -0.1) is 0 Å². The van der Waals surface area contributed by atoms with Crippen LogP contribution in [0.5, 0.6) is 0 Å². The highest BCUT2D eigenvalue weighted by Crippen LogP contribution is 2.32. The molecule has 0 aromatic carbocycles. The van der Waals surface area contributed by atoms with E-state index in [0.717, 1.165) is 0 Å². The predicted octanol–water partition coefficient (Wildman–Crippen LogP) is 3.77. The van der Waals surface area contributed by atoms with Crippen LogP contribution >= 0.6 is 11.6 Å². The molecule has 19 heavy (non-hydrogen) atoms. The molecule has 0 bridgehead atoms. The first-order valence-electron chi connectivity index (χ1n) is 5.74. The molecule has 0 saturated heterocycles. The van der Waals surface area contributed by atoms with E-state index in [1.807, 2.05) is 0 Å². The van der Waals surface area contributed by atoms with Gasteiger partial charge < -0.3 is 5.73 Å². The van der Waals surface area contributed by atoms with E-state index in [-0.39, 0.29) is 15.1 Å². The summed E-state index contributed by atoms with van der Waals surface area (Å²) >= 11 is 5.72. The first-order valence-corrected chi connectivity index (χ1v) is 6.11. The molecule has 0 rings (SSSR count). The third kappa shape index (κ3) is 4.14. The molecule has 0 aliphatic rings. The summed E-state index contributed by atoms with van der Waals surface area (Å²) in [5, 5.41) is -0.0553. The zero-order valence-corrected chi connectivity index (χ0v) is 12.4. The molecule has 0 fully saturated rings. The number of primary amides is 1. The van der Waals surface area contributed by atoms with Gasteiger partial charge in [0.15, 0.2) is 0 Å². The number of alkyl halides is 2. The van der Waals surface area contributed by atoms with Crippen LogP contribution in [0.4, 0.5) is 13.6 Å². The number of nitrogens with zero attached hydrogens (tertiary/aromatic N) is 1. The first kappa shape index (κ1) is 17.8. The largest absolute Gasteiger partial charge is 0.418 e. The van der Waals surface area contributed by atoms with E-state index >= 15 is 0 Å². The second-order valence-corrected chi connectivity index (χ2v) is 5.12. The molecule has 0 atom stereocenters. The molecule has 0 heterocycles. The summed E-state index contributed by atoms with van der Waals surface area (Å²) in [7, 11) is 3.07. The van der Waals surface area contributed by atoms with Crippen molar-refractivity contribution in [3.63, 3.8) is 0 Å². The number of rotatable bonds is 5. The normalized spacial score (nSPS) is 15.0. The van der Waals surface area contributed by atoms with Gasteiger partial charge in [0, 0.05) is 23.1 Å². The van der Waals surface area contributed by atoms with Gasteiger partial charge >= 0.3 is 6.03 Å². The van der Waals surface area contributed by atoms with E-state index in [9.17, 15) is 13.6 Å². The van der Waals surface area contributed by atoms with E-state index in [1.165, 1.54) is 27.1 Å². The molecule has 2 amide bonds. The second kappa shape index (κ2) is 6.30. The molecule has 108 valence electrons. The Labute approximate surface area is 117 Å². The quantitative estimate of drug-likeness (QED) is 0.468. The van der Waals surface area contributed by atoms with Crippen LogP contribution in [-0.4, -0.2) is 30.5 Å². The van der Waals surface area contributed by atoms with Gasteiger partial charge in [-0.25, -0.2) is 9.28 Å². The fourth-order valence-corrected chi connectivity index (χ4v) is 1.68. The Hall–Kier alpha value is -1.20. The van der Waals surface area contributed by atoms with Crippen LogP contribution in [0.15, 0.2) is 35.0 Å². The lowest BCUT2D eigenvalue weighted by Gasteiger charge is -2.27. The lowest BCUT2D eigenvalue weighted by Crippen LogP contribution is -2.48. The third-order valence-electron chi connectivity index (χ3n) is 2.93. The standard InChI is InChI=1S/C13H19ClF2N2O/c1-6-10(18(4,5)12(17)19)8-11(9(3)14)13(15,16)7-2/h7-8H,2,6H2,1,3-5H3,(H-,17,19)/p+1. The molecule has 0 saturated carbocycles. The average molecular weight is 294 g/mol. The minimum atomic E-state index is -3.26. The number of hydrogen-bond donors (Lipinski definition) is 1. The van der Waals surface area contributed by atoms with Crippen molar-refractivity contribution in [1.29, 1.82) is 0 Å². The Kier molecular flexibility index (Phi) is 5.90. The molecule has 0 aromatic heterocycles. The van der Waals surface area contributed by atoms with Gasteiger partial charge in [-0.05, 0) is 13.0 Å². The Morgan fingerprint density at radius 2 is 1.95 bits per heavy atom. The molecular weight excluding hydrogens is 274 g/mol. The maximum atomic E-state index is 13.7. The van der Waals surface area contributed by atoms with Gasteiger partial charge in [-0.3, -0.25) is 0 Å². The fourth-order valence-electron chi connectivity index (χ4n) is 1.50. The van der Waals surface area contributed by atoms with Crippen LogP contribution in [0.1, 0.15) is 20.3 Å². The number of hydrogen-bond acceptors (Lipinski definition) is 1. The summed E-state index contributed by atoms with van der Waals surface area (Å²) in [5.41, 5.74) is 5.33. The number of halogens is 3. The number of amides is 2. The molecule has 2 N–H and O–H groups in total. The van der Waals surface area contributed by atoms with Crippen molar-refractivity contribution >= 4 is 17.6 Å². The Bertz CT molecular complexity index is 436. The van der Waals surface area contributed by atoms with Crippen LogP contribution < -0.4 is 5.73 Å². The van der Waals surface area contributed by atoms with Gasteiger partial charge in [0.05, 0.1) is 14.1 Å². The summed E-state index contributed by atoms with van der Waals surface area (Å²) in [6.45, 7) is 6.21. The molecular formula is C13H20ClF2N2O+. The molecule has 0 aliphatic carbocycles. The highest BCUT2D eigenvalue weighted by atomic mass is 35.5. The average Bonchev–Trinajstić information content (AvgIpc) is 2.28. The summed E-state index contributed by atoms with van der Waals surface area (Å²) in [6, 6.07) is -0.637. The highest BCUT2D eigenvalue weighted by molar-refractivity contribution is 6.29. The van der Waals surface area contributed by atoms with Crippen LogP contribution in [-0.2, 0) is 0 Å². The first-order chi connectivity index (χ1) is 8.50. The van der Waals surface area contributed by atoms with Gasteiger partial charge in [-0.2, -0.15) is 8.78 Å². The molecule has 0 aromatic rings. The number of urea groups is 1. The lowest BCUT2D eigenvalue weighted by atomic mass is 10.1. The monoisotopic (exact) mass is 293 g/mol. The topological polar surface area (TPSA) is 43.1 Å². The minimum Gasteiger partial charge on any atom is -0.319 e. The van der Waals surface area contributed by atoms with E-state index in [2.05, 4.69) is 6.58 Å². The van der Waals surface area contributed by atoms with Crippen LogP contribution in [0.2, 0.25) is 0 Å². The number of carbonyl (C=O) groups excluding carboxylic acids is 1. The van der Waals surface area contributed by atoms with E-state index in [4.69, 9.17) is 17.3 Å². The van der Waals surface area contributed by atoms with E-state index < -0.39 is 12.0 Å². The fraction of sp³-hybridized carbons (Fsp3) is 0.462. The zero-order valence-electron chi connectivity index (χ0n) is 11.6. The summed E-state index contributed by atoms with van der Waals surface area (Å²) < 4.78 is 27.1. The molecule has 0 aliphatic heterocycles. The van der Waals surface area contributed by atoms with Gasteiger partial charge in [0.1, 0.15) is 5.70 Å². The molecule has 0 unspecified atom stereocenters. The molecule has 0 spiro atoms. The third-order valence-corrected chi connectivity index (χ3v) is 3.13. The van der Waals surface area contributed by atoms with Gasteiger partial charge in [0.25, 0.3) is 5.92 Å². The van der Waals surface area contributed by atoms with Gasteiger partial charge in [0.2, 0.25) is 0 Å². The van der Waals surface area contributed by atoms with Crippen molar-refractivity contribution in [1.82, 2.24) is 0 Å². The smallest absolute Gasteiger partial charge is 0.319 e. The predicted molar refractivity (Wildman–Crippen MR) is 73.8 cm³/mol. The van der Waals surface area contributed by atoms with Crippen LogP contribution in [0.25, 0.3) is 0 Å². The second-order valence-electron chi connectivity index (χ2n) is 4.56. The van der Waals surface area contributed by atoms with Crippen LogP contribution in [0, 0.1) is 0 Å². The summed E-state index contributed by atoms with van der Waals surface area (Å²) in [5.74, 6) is -3.26. The molecule has 6 heteroatoms. The van der Waals surface area contributed by atoms with Gasteiger partial charge in [-0.1, -0.05) is 25.1 Å². The zero-order chi connectivity index (χ0) is 15.4. The van der Waals surface area contributed by atoms with Crippen molar-refractivity contribution in [2.45, 2.75) is 26.2 Å². The number of nitrogens with two attached hydrogens (primary N) is 1. The maximum absolute atomic E-state index is 13.7. The van der Waals surface area contributed by atoms with Crippen molar-refractivity contribution in [3.8, 4) is 0 Å². The molecule has 3 nitrogen and oxygen atoms in total. The SMILES string of the molecule is C=CC(F)(F)C(C=C(CC)[N+](C)(C)C(N)=O)=C(C)Cl. The summed E-state index contributed by atoms with van der Waals surface area (Å²) in [6.07, 6.45) is 2.12. The number of quaternary nitrogens is 1. The summed E-state index contributed by atoms with van der Waals surface area (Å²) in [4.78, 5) is 11.4. The van der Waals surface area contributed by atoms with E-state index in [1.54, 1.807) is 6.92 Å². The van der Waals surface area contributed by atoms with Crippen LogP contribution in [0.3, 0.4) is 0 Å². The van der Waals surface area contributed by atoms with Crippen molar-refractivity contribution in [2.24, 2.45) is 5.73 Å². The minimum absolute atomic E-state index is 0.0553. The number of carbonyl (C=O) groups is 1. The molecule has 0 radical (unpaired) electrons. The lowest BCUT2D eigenvalue weighted by molar-refractivity contribution is -0.768. The van der Waals surface area contributed by atoms with Crippen molar-refractivity contribution in [3.05, 3.63) is 35.0 Å². The van der Waals surface area contributed by atoms with E-state index in [0.29, 0.717) is 18.2 Å². The number of allylic oxidation sites excluding steroid dienone is 5. The highest BCUT2D eigenvalue weighted by Gasteiger charge is 2.34. The Morgan fingerprint density at radius 1 is 1.47 bits per heavy atom. The Balaban J connectivity index is 5.92. The van der Waals surface area contributed by atoms with Crippen molar-refractivity contribution in [2.75, 3.05) is 14.1 Å². The Morgan fingerprint density at radius 3 is 2.21 bits per heavy atom.